The predicted molar refractivity (Wildman–Crippen MR) is 100 cm³/mol. The number of piperazine rings is 1. The van der Waals surface area contributed by atoms with Crippen LogP contribution in [-0.2, 0) is 11.2 Å². The Balaban J connectivity index is 1.54. The van der Waals surface area contributed by atoms with E-state index in [-0.39, 0.29) is 24.3 Å². The van der Waals surface area contributed by atoms with Crippen LogP contribution >= 0.6 is 0 Å². The van der Waals surface area contributed by atoms with Crippen molar-refractivity contribution in [3.63, 3.8) is 0 Å². The van der Waals surface area contributed by atoms with Gasteiger partial charge in [0.2, 0.25) is 5.91 Å². The summed E-state index contributed by atoms with van der Waals surface area (Å²) >= 11 is 0. The molecule has 1 N–H and O–H groups in total. The lowest BCUT2D eigenvalue weighted by atomic mass is 10.1. The largest absolute Gasteiger partial charge is 0.495 e. The number of hydrogen-bond donors (Lipinski definition) is 1. The highest BCUT2D eigenvalue weighted by atomic mass is 19.1. The predicted octanol–water partition coefficient (Wildman–Crippen LogP) is 2.44. The molecule has 0 atom stereocenters. The van der Waals surface area contributed by atoms with Gasteiger partial charge in [0.1, 0.15) is 18.1 Å². The van der Waals surface area contributed by atoms with Gasteiger partial charge in [-0.2, -0.15) is 0 Å². The van der Waals surface area contributed by atoms with Gasteiger partial charge in [-0.15, -0.1) is 0 Å². The van der Waals surface area contributed by atoms with Crippen molar-refractivity contribution in [3.05, 3.63) is 59.9 Å². The average molecular weight is 371 g/mol. The molecule has 0 radical (unpaired) electrons. The standard InChI is InChI=1S/C20H22FN3O3/c1-27-18-9-5-4-8-17(18)24-13-12-23(14-19(24)25)20(26)22-11-10-15-6-2-3-7-16(15)21/h2-9H,10-14H2,1H3,(H,22,26). The molecule has 0 bridgehead atoms. The Hall–Kier alpha value is -3.09. The molecule has 0 aliphatic carbocycles. The van der Waals surface area contributed by atoms with Gasteiger partial charge in [0.15, 0.2) is 0 Å². The second-order valence-corrected chi connectivity index (χ2v) is 6.21. The van der Waals surface area contributed by atoms with E-state index in [0.29, 0.717) is 43.1 Å². The molecule has 0 saturated carbocycles. The highest BCUT2D eigenvalue weighted by Crippen LogP contribution is 2.28. The van der Waals surface area contributed by atoms with E-state index in [1.165, 1.54) is 11.0 Å². The summed E-state index contributed by atoms with van der Waals surface area (Å²) < 4.78 is 18.9. The third-order valence-electron chi connectivity index (χ3n) is 4.51. The summed E-state index contributed by atoms with van der Waals surface area (Å²) in [6, 6.07) is 13.5. The molecule has 0 unspecified atom stereocenters. The zero-order valence-electron chi connectivity index (χ0n) is 15.2. The van der Waals surface area contributed by atoms with Gasteiger partial charge < -0.3 is 19.9 Å². The molecule has 0 spiro atoms. The van der Waals surface area contributed by atoms with E-state index in [1.807, 2.05) is 18.2 Å². The Morgan fingerprint density at radius 3 is 2.63 bits per heavy atom. The summed E-state index contributed by atoms with van der Waals surface area (Å²) in [5.41, 5.74) is 1.25. The number of rotatable bonds is 5. The molecule has 3 rings (SSSR count). The van der Waals surface area contributed by atoms with Crippen LogP contribution < -0.4 is 15.0 Å². The van der Waals surface area contributed by atoms with E-state index in [1.54, 1.807) is 36.3 Å². The second-order valence-electron chi connectivity index (χ2n) is 6.21. The van der Waals surface area contributed by atoms with Gasteiger partial charge in [-0.3, -0.25) is 4.79 Å². The minimum absolute atomic E-state index is 0.0103. The SMILES string of the molecule is COc1ccccc1N1CCN(C(=O)NCCc2ccccc2F)CC1=O. The number of nitrogens with one attached hydrogen (secondary N) is 1. The van der Waals surface area contributed by atoms with Gasteiger partial charge in [-0.1, -0.05) is 30.3 Å². The summed E-state index contributed by atoms with van der Waals surface area (Å²) in [6.45, 7) is 1.10. The lowest BCUT2D eigenvalue weighted by Crippen LogP contribution is -2.55. The number of amides is 3. The molecule has 1 aliphatic heterocycles. The van der Waals surface area contributed by atoms with Crippen molar-refractivity contribution in [2.45, 2.75) is 6.42 Å². The summed E-state index contributed by atoms with van der Waals surface area (Å²) in [6.07, 6.45) is 0.396. The van der Waals surface area contributed by atoms with Crippen molar-refractivity contribution in [1.82, 2.24) is 10.2 Å². The van der Waals surface area contributed by atoms with Crippen molar-refractivity contribution in [1.29, 1.82) is 0 Å². The van der Waals surface area contributed by atoms with E-state index >= 15 is 0 Å². The van der Waals surface area contributed by atoms with Gasteiger partial charge in [-0.25, -0.2) is 9.18 Å². The minimum Gasteiger partial charge on any atom is -0.495 e. The van der Waals surface area contributed by atoms with Crippen molar-refractivity contribution >= 4 is 17.6 Å². The van der Waals surface area contributed by atoms with Crippen LogP contribution in [-0.4, -0.2) is 50.1 Å². The van der Waals surface area contributed by atoms with Crippen LogP contribution in [0.25, 0.3) is 0 Å². The normalized spacial score (nSPS) is 14.2. The number of carbonyl (C=O) groups excluding carboxylic acids is 2. The number of methoxy groups -OCH3 is 1. The van der Waals surface area contributed by atoms with Crippen LogP contribution in [0.5, 0.6) is 5.75 Å². The molecule has 1 fully saturated rings. The molecule has 2 aromatic carbocycles. The third-order valence-corrected chi connectivity index (χ3v) is 4.51. The third kappa shape index (κ3) is 4.36. The summed E-state index contributed by atoms with van der Waals surface area (Å²) in [5.74, 6) is 0.163. The molecular formula is C20H22FN3O3. The van der Waals surface area contributed by atoms with Gasteiger partial charge in [0.25, 0.3) is 0 Å². The molecule has 2 aromatic rings. The number of benzene rings is 2. The molecule has 0 aromatic heterocycles. The Morgan fingerprint density at radius 2 is 1.89 bits per heavy atom. The molecule has 1 aliphatic rings. The zero-order chi connectivity index (χ0) is 19.2. The van der Waals surface area contributed by atoms with Gasteiger partial charge in [-0.05, 0) is 30.2 Å². The van der Waals surface area contributed by atoms with E-state index in [4.69, 9.17) is 4.74 Å². The Morgan fingerprint density at radius 1 is 1.15 bits per heavy atom. The molecular weight excluding hydrogens is 349 g/mol. The molecule has 7 heteroatoms. The maximum absolute atomic E-state index is 13.6. The first-order chi connectivity index (χ1) is 13.1. The molecule has 1 saturated heterocycles. The van der Waals surface area contributed by atoms with Crippen LogP contribution in [0.3, 0.4) is 0 Å². The van der Waals surface area contributed by atoms with Crippen molar-refractivity contribution in [2.75, 3.05) is 38.2 Å². The smallest absolute Gasteiger partial charge is 0.317 e. The number of urea groups is 1. The number of nitrogens with zero attached hydrogens (tertiary/aromatic N) is 2. The molecule has 142 valence electrons. The van der Waals surface area contributed by atoms with Crippen LogP contribution in [0, 0.1) is 5.82 Å². The van der Waals surface area contributed by atoms with Crippen LogP contribution in [0.1, 0.15) is 5.56 Å². The number of anilines is 1. The fraction of sp³-hybridized carbons (Fsp3) is 0.300. The summed E-state index contributed by atoms with van der Waals surface area (Å²) in [5, 5.41) is 2.75. The van der Waals surface area contributed by atoms with Gasteiger partial charge in [0.05, 0.1) is 12.8 Å². The highest BCUT2D eigenvalue weighted by molar-refractivity contribution is 5.98. The van der Waals surface area contributed by atoms with Crippen molar-refractivity contribution < 1.29 is 18.7 Å². The van der Waals surface area contributed by atoms with Crippen molar-refractivity contribution in [3.8, 4) is 5.75 Å². The van der Waals surface area contributed by atoms with E-state index in [9.17, 15) is 14.0 Å². The summed E-state index contributed by atoms with van der Waals surface area (Å²) in [4.78, 5) is 27.9. The molecule has 6 nitrogen and oxygen atoms in total. The topological polar surface area (TPSA) is 61.9 Å². The monoisotopic (exact) mass is 371 g/mol. The number of hydrogen-bond acceptors (Lipinski definition) is 3. The molecule has 3 amide bonds. The first-order valence-electron chi connectivity index (χ1n) is 8.79. The first-order valence-corrected chi connectivity index (χ1v) is 8.79. The number of para-hydroxylation sites is 2. The Kier molecular flexibility index (Phi) is 5.90. The van der Waals surface area contributed by atoms with Crippen LogP contribution in [0.4, 0.5) is 14.9 Å². The average Bonchev–Trinajstić information content (AvgIpc) is 2.69. The van der Waals surface area contributed by atoms with Gasteiger partial charge >= 0.3 is 6.03 Å². The fourth-order valence-electron chi connectivity index (χ4n) is 3.07. The maximum Gasteiger partial charge on any atom is 0.317 e. The number of halogens is 1. The highest BCUT2D eigenvalue weighted by Gasteiger charge is 2.29. The lowest BCUT2D eigenvalue weighted by Gasteiger charge is -2.34. The Labute approximate surface area is 157 Å². The van der Waals surface area contributed by atoms with Crippen molar-refractivity contribution in [2.24, 2.45) is 0 Å². The first kappa shape index (κ1) is 18.7. The second kappa shape index (κ2) is 8.53. The van der Waals surface area contributed by atoms with E-state index in [2.05, 4.69) is 5.32 Å². The molecule has 27 heavy (non-hydrogen) atoms. The zero-order valence-corrected chi connectivity index (χ0v) is 15.2. The summed E-state index contributed by atoms with van der Waals surface area (Å²) in [7, 11) is 1.56. The lowest BCUT2D eigenvalue weighted by molar-refractivity contribution is -0.120. The maximum atomic E-state index is 13.6. The van der Waals surface area contributed by atoms with E-state index < -0.39 is 0 Å². The van der Waals surface area contributed by atoms with Gasteiger partial charge in [0, 0.05) is 19.6 Å². The van der Waals surface area contributed by atoms with E-state index in [0.717, 1.165) is 0 Å². The number of carbonyl (C=O) groups is 2. The minimum atomic E-state index is -0.320. The fourth-order valence-corrected chi connectivity index (χ4v) is 3.07. The van der Waals surface area contributed by atoms with Crippen LogP contribution in [0.15, 0.2) is 48.5 Å². The Bertz CT molecular complexity index is 828. The van der Waals surface area contributed by atoms with Crippen LogP contribution in [0.2, 0.25) is 0 Å². The molecule has 1 heterocycles. The number of ether oxygens (including phenoxy) is 1. The quantitative estimate of drug-likeness (QED) is 0.878.